The molecule has 0 saturated heterocycles. The SMILES string of the molecule is CCCCNC(=S)N1CCc2cc(OC)c(OC)cc2C1COc1ccccc1OC. The molecule has 0 aliphatic carbocycles. The maximum Gasteiger partial charge on any atom is 0.169 e. The summed E-state index contributed by atoms with van der Waals surface area (Å²) >= 11 is 5.76. The molecule has 1 heterocycles. The first-order chi connectivity index (χ1) is 15.1. The predicted molar refractivity (Wildman–Crippen MR) is 127 cm³/mol. The molecule has 0 amide bonds. The topological polar surface area (TPSA) is 52.2 Å². The lowest BCUT2D eigenvalue weighted by Gasteiger charge is -2.39. The molecule has 7 heteroatoms. The third-order valence-electron chi connectivity index (χ3n) is 5.54. The van der Waals surface area contributed by atoms with Gasteiger partial charge < -0.3 is 29.2 Å². The maximum atomic E-state index is 6.23. The van der Waals surface area contributed by atoms with Crippen LogP contribution in [0.1, 0.15) is 36.9 Å². The van der Waals surface area contributed by atoms with E-state index in [1.165, 1.54) is 5.56 Å². The van der Waals surface area contributed by atoms with E-state index in [4.69, 9.17) is 31.2 Å². The average molecular weight is 445 g/mol. The van der Waals surface area contributed by atoms with Crippen LogP contribution in [0.2, 0.25) is 0 Å². The second-order valence-corrected chi connectivity index (χ2v) is 7.80. The van der Waals surface area contributed by atoms with Crippen LogP contribution in [-0.2, 0) is 6.42 Å². The quantitative estimate of drug-likeness (QED) is 0.455. The van der Waals surface area contributed by atoms with E-state index in [1.54, 1.807) is 21.3 Å². The molecule has 168 valence electrons. The van der Waals surface area contributed by atoms with Crippen LogP contribution >= 0.6 is 12.2 Å². The number of ether oxygens (including phenoxy) is 4. The number of benzene rings is 2. The van der Waals surface area contributed by atoms with Crippen LogP contribution in [-0.4, -0.2) is 51.0 Å². The third-order valence-corrected chi connectivity index (χ3v) is 5.91. The first-order valence-corrected chi connectivity index (χ1v) is 11.1. The minimum Gasteiger partial charge on any atom is -0.493 e. The van der Waals surface area contributed by atoms with E-state index in [-0.39, 0.29) is 6.04 Å². The summed E-state index contributed by atoms with van der Waals surface area (Å²) in [6.07, 6.45) is 3.07. The van der Waals surface area contributed by atoms with Gasteiger partial charge in [-0.15, -0.1) is 0 Å². The Morgan fingerprint density at radius 3 is 2.39 bits per heavy atom. The van der Waals surface area contributed by atoms with Crippen molar-refractivity contribution in [3.05, 3.63) is 47.5 Å². The van der Waals surface area contributed by atoms with Gasteiger partial charge in [-0.1, -0.05) is 25.5 Å². The number of thiocarbonyl (C=S) groups is 1. The van der Waals surface area contributed by atoms with Crippen LogP contribution in [0.4, 0.5) is 0 Å². The van der Waals surface area contributed by atoms with Crippen molar-refractivity contribution >= 4 is 17.3 Å². The third kappa shape index (κ3) is 5.34. The molecule has 6 nitrogen and oxygen atoms in total. The van der Waals surface area contributed by atoms with Gasteiger partial charge in [-0.3, -0.25) is 0 Å². The number of para-hydroxylation sites is 2. The Labute approximate surface area is 190 Å². The van der Waals surface area contributed by atoms with Crippen molar-refractivity contribution in [3.63, 3.8) is 0 Å². The van der Waals surface area contributed by atoms with Crippen molar-refractivity contribution < 1.29 is 18.9 Å². The molecule has 31 heavy (non-hydrogen) atoms. The van der Waals surface area contributed by atoms with Gasteiger partial charge in [0.15, 0.2) is 28.1 Å². The van der Waals surface area contributed by atoms with Crippen molar-refractivity contribution in [2.75, 3.05) is 41.0 Å². The Morgan fingerprint density at radius 2 is 1.71 bits per heavy atom. The zero-order chi connectivity index (χ0) is 22.2. The lowest BCUT2D eigenvalue weighted by molar-refractivity contribution is 0.182. The first-order valence-electron chi connectivity index (χ1n) is 10.7. The van der Waals surface area contributed by atoms with Crippen LogP contribution in [0.25, 0.3) is 0 Å². The number of hydrogen-bond acceptors (Lipinski definition) is 5. The van der Waals surface area contributed by atoms with E-state index < -0.39 is 0 Å². The summed E-state index contributed by atoms with van der Waals surface area (Å²) in [5.74, 6) is 2.86. The van der Waals surface area contributed by atoms with Gasteiger partial charge in [0.1, 0.15) is 6.61 Å². The number of fused-ring (bicyclic) bond motifs is 1. The molecular formula is C24H32N2O4S. The first kappa shape index (κ1) is 23.0. The largest absolute Gasteiger partial charge is 0.493 e. The smallest absolute Gasteiger partial charge is 0.169 e. The molecule has 0 fully saturated rings. The van der Waals surface area contributed by atoms with E-state index in [0.29, 0.717) is 23.9 Å². The minimum absolute atomic E-state index is 0.0601. The lowest BCUT2D eigenvalue weighted by Crippen LogP contribution is -2.47. The summed E-state index contributed by atoms with van der Waals surface area (Å²) < 4.78 is 22.8. The average Bonchev–Trinajstić information content (AvgIpc) is 2.81. The minimum atomic E-state index is -0.0601. The second kappa shape index (κ2) is 11.1. The monoisotopic (exact) mass is 444 g/mol. The van der Waals surface area contributed by atoms with Gasteiger partial charge in [-0.2, -0.15) is 0 Å². The fourth-order valence-electron chi connectivity index (χ4n) is 3.83. The molecular weight excluding hydrogens is 412 g/mol. The standard InChI is InChI=1S/C24H32N2O4S/c1-5-6-12-25-24(31)26-13-11-17-14-22(28-3)23(29-4)15-18(17)19(26)16-30-21-10-8-7-9-20(21)27-2/h7-10,14-15,19H,5-6,11-13,16H2,1-4H3,(H,25,31). The highest BCUT2D eigenvalue weighted by Crippen LogP contribution is 2.39. The Kier molecular flexibility index (Phi) is 8.23. The number of rotatable bonds is 9. The Bertz CT molecular complexity index is 890. The van der Waals surface area contributed by atoms with E-state index in [2.05, 4.69) is 23.2 Å². The lowest BCUT2D eigenvalue weighted by atomic mass is 9.92. The van der Waals surface area contributed by atoms with Crippen molar-refractivity contribution in [1.29, 1.82) is 0 Å². The van der Waals surface area contributed by atoms with Gasteiger partial charge >= 0.3 is 0 Å². The Balaban J connectivity index is 1.91. The van der Waals surface area contributed by atoms with Crippen molar-refractivity contribution in [2.45, 2.75) is 32.2 Å². The molecule has 2 aromatic rings. The van der Waals surface area contributed by atoms with Gasteiger partial charge in [0.2, 0.25) is 0 Å². The molecule has 1 aliphatic rings. The Hall–Kier alpha value is -2.67. The zero-order valence-electron chi connectivity index (χ0n) is 18.8. The molecule has 1 atom stereocenters. The number of nitrogens with zero attached hydrogens (tertiary/aromatic N) is 1. The van der Waals surface area contributed by atoms with E-state index in [0.717, 1.165) is 48.8 Å². The fraction of sp³-hybridized carbons (Fsp3) is 0.458. The molecule has 0 saturated carbocycles. The predicted octanol–water partition coefficient (Wildman–Crippen LogP) is 4.37. The van der Waals surface area contributed by atoms with Gasteiger partial charge in [0, 0.05) is 13.1 Å². The van der Waals surface area contributed by atoms with Gasteiger partial charge in [0.25, 0.3) is 0 Å². The summed E-state index contributed by atoms with van der Waals surface area (Å²) in [5.41, 5.74) is 2.36. The van der Waals surface area contributed by atoms with E-state index >= 15 is 0 Å². The molecule has 2 aromatic carbocycles. The highest BCUT2D eigenvalue weighted by Gasteiger charge is 2.31. The van der Waals surface area contributed by atoms with Gasteiger partial charge in [-0.25, -0.2) is 0 Å². The fourth-order valence-corrected chi connectivity index (χ4v) is 4.15. The van der Waals surface area contributed by atoms with Crippen LogP contribution in [0.3, 0.4) is 0 Å². The van der Waals surface area contributed by atoms with Crippen LogP contribution in [0.15, 0.2) is 36.4 Å². The normalized spacial score (nSPS) is 15.1. The number of methoxy groups -OCH3 is 3. The molecule has 1 N–H and O–H groups in total. The van der Waals surface area contributed by atoms with E-state index in [1.807, 2.05) is 30.3 Å². The van der Waals surface area contributed by atoms with Crippen molar-refractivity contribution in [1.82, 2.24) is 10.2 Å². The number of nitrogens with one attached hydrogen (secondary N) is 1. The van der Waals surface area contributed by atoms with Crippen molar-refractivity contribution in [2.24, 2.45) is 0 Å². The summed E-state index contributed by atoms with van der Waals surface area (Å²) in [5, 5.41) is 4.16. The van der Waals surface area contributed by atoms with Crippen LogP contribution < -0.4 is 24.3 Å². The van der Waals surface area contributed by atoms with Crippen molar-refractivity contribution in [3.8, 4) is 23.0 Å². The van der Waals surface area contributed by atoms with Gasteiger partial charge in [-0.05, 0) is 60.5 Å². The molecule has 0 aromatic heterocycles. The molecule has 0 spiro atoms. The van der Waals surface area contributed by atoms with Crippen LogP contribution in [0, 0.1) is 0 Å². The summed E-state index contributed by atoms with van der Waals surface area (Å²) in [7, 11) is 4.96. The molecule has 0 radical (unpaired) electrons. The maximum absolute atomic E-state index is 6.23. The molecule has 1 aliphatic heterocycles. The number of hydrogen-bond donors (Lipinski definition) is 1. The summed E-state index contributed by atoms with van der Waals surface area (Å²) in [6, 6.07) is 11.7. The number of unbranched alkanes of at least 4 members (excludes halogenated alkanes) is 1. The highest BCUT2D eigenvalue weighted by molar-refractivity contribution is 7.80. The summed E-state index contributed by atoms with van der Waals surface area (Å²) in [4.78, 5) is 2.22. The van der Waals surface area contributed by atoms with Crippen LogP contribution in [0.5, 0.6) is 23.0 Å². The Morgan fingerprint density at radius 1 is 1.03 bits per heavy atom. The zero-order valence-corrected chi connectivity index (χ0v) is 19.6. The molecule has 3 rings (SSSR count). The van der Waals surface area contributed by atoms with Gasteiger partial charge in [0.05, 0.1) is 27.4 Å². The second-order valence-electron chi connectivity index (χ2n) is 7.41. The summed E-state index contributed by atoms with van der Waals surface area (Å²) in [6.45, 7) is 4.27. The molecule has 1 unspecified atom stereocenters. The highest BCUT2D eigenvalue weighted by atomic mass is 32.1. The van der Waals surface area contributed by atoms with E-state index in [9.17, 15) is 0 Å². The molecule has 0 bridgehead atoms.